The van der Waals surface area contributed by atoms with Crippen molar-refractivity contribution in [2.24, 2.45) is 5.84 Å². The summed E-state index contributed by atoms with van der Waals surface area (Å²) in [5.41, 5.74) is 1.79. The molecule has 2 amide bonds. The van der Waals surface area contributed by atoms with Crippen molar-refractivity contribution >= 4 is 11.8 Å². The highest BCUT2D eigenvalue weighted by Gasteiger charge is 2.25. The first-order chi connectivity index (χ1) is 7.12. The Morgan fingerprint density at radius 3 is 2.27 bits per heavy atom. The van der Waals surface area contributed by atoms with Crippen LogP contribution in [-0.4, -0.2) is 41.0 Å². The predicted octanol–water partition coefficient (Wildman–Crippen LogP) is -1.01. The molecular formula is C9H19N3O3. The molecule has 0 heterocycles. The molecule has 0 spiro atoms. The third-order valence-corrected chi connectivity index (χ3v) is 2.31. The maximum Gasteiger partial charge on any atom is 0.323 e. The van der Waals surface area contributed by atoms with E-state index in [2.05, 4.69) is 0 Å². The highest BCUT2D eigenvalue weighted by atomic mass is 16.3. The van der Waals surface area contributed by atoms with Crippen LogP contribution in [0.5, 0.6) is 0 Å². The van der Waals surface area contributed by atoms with E-state index < -0.39 is 11.8 Å². The molecule has 0 aliphatic rings. The number of carbonyl (C=O) groups excluding carboxylic acids is 2. The zero-order valence-corrected chi connectivity index (χ0v) is 9.19. The first-order valence-electron chi connectivity index (χ1n) is 5.04. The number of nitrogens with two attached hydrogens (primary N) is 1. The average Bonchev–Trinajstić information content (AvgIpc) is 2.27. The fraction of sp³-hybridized carbons (Fsp3) is 0.778. The largest absolute Gasteiger partial charge is 0.395 e. The molecule has 0 bridgehead atoms. The molecule has 0 unspecified atom stereocenters. The van der Waals surface area contributed by atoms with E-state index in [1.807, 2.05) is 13.8 Å². The SMILES string of the molecule is CCC(CC)N(CCO)C(=O)C(=O)NN. The Morgan fingerprint density at radius 1 is 1.40 bits per heavy atom. The Labute approximate surface area is 89.4 Å². The van der Waals surface area contributed by atoms with Gasteiger partial charge in [0.2, 0.25) is 0 Å². The minimum Gasteiger partial charge on any atom is -0.395 e. The molecule has 0 aromatic rings. The molecule has 0 rings (SSSR count). The number of nitrogens with one attached hydrogen (secondary N) is 1. The van der Waals surface area contributed by atoms with Gasteiger partial charge in [-0.15, -0.1) is 0 Å². The Morgan fingerprint density at radius 2 is 1.93 bits per heavy atom. The van der Waals surface area contributed by atoms with E-state index in [9.17, 15) is 9.59 Å². The standard InChI is InChI=1S/C9H19N3O3/c1-3-7(4-2)12(5-6-13)9(15)8(14)11-10/h7,13H,3-6,10H2,1-2H3,(H,11,14). The van der Waals surface area contributed by atoms with Gasteiger partial charge in [-0.25, -0.2) is 5.84 Å². The molecule has 88 valence electrons. The average molecular weight is 217 g/mol. The minimum atomic E-state index is -0.852. The van der Waals surface area contributed by atoms with Gasteiger partial charge in [0, 0.05) is 12.6 Å². The zero-order chi connectivity index (χ0) is 11.8. The van der Waals surface area contributed by atoms with Crippen molar-refractivity contribution in [2.75, 3.05) is 13.2 Å². The van der Waals surface area contributed by atoms with E-state index >= 15 is 0 Å². The van der Waals surface area contributed by atoms with Gasteiger partial charge in [0.05, 0.1) is 6.61 Å². The predicted molar refractivity (Wildman–Crippen MR) is 55.5 cm³/mol. The Kier molecular flexibility index (Phi) is 6.64. The van der Waals surface area contributed by atoms with E-state index in [0.29, 0.717) is 0 Å². The third kappa shape index (κ3) is 3.85. The summed E-state index contributed by atoms with van der Waals surface area (Å²) in [4.78, 5) is 24.0. The van der Waals surface area contributed by atoms with Crippen LogP contribution < -0.4 is 11.3 Å². The number of hydrogen-bond acceptors (Lipinski definition) is 4. The number of aliphatic hydroxyl groups excluding tert-OH is 1. The van der Waals surface area contributed by atoms with E-state index in [1.165, 1.54) is 4.90 Å². The fourth-order valence-electron chi connectivity index (χ4n) is 1.48. The molecule has 0 aliphatic carbocycles. The number of amides is 2. The van der Waals surface area contributed by atoms with Crippen molar-refractivity contribution in [1.29, 1.82) is 0 Å². The van der Waals surface area contributed by atoms with Crippen molar-refractivity contribution in [3.63, 3.8) is 0 Å². The van der Waals surface area contributed by atoms with Gasteiger partial charge in [-0.2, -0.15) is 0 Å². The minimum absolute atomic E-state index is 0.0399. The summed E-state index contributed by atoms with van der Waals surface area (Å²) in [5.74, 6) is 3.33. The lowest BCUT2D eigenvalue weighted by Gasteiger charge is -2.28. The number of hydrogen-bond donors (Lipinski definition) is 3. The van der Waals surface area contributed by atoms with Crippen molar-refractivity contribution in [2.45, 2.75) is 32.7 Å². The van der Waals surface area contributed by atoms with Crippen LogP contribution in [0.1, 0.15) is 26.7 Å². The van der Waals surface area contributed by atoms with Crippen LogP contribution >= 0.6 is 0 Å². The molecular weight excluding hydrogens is 198 g/mol. The number of hydrazine groups is 1. The first kappa shape index (κ1) is 13.9. The van der Waals surface area contributed by atoms with Gasteiger partial charge in [0.15, 0.2) is 0 Å². The van der Waals surface area contributed by atoms with Crippen molar-refractivity contribution in [1.82, 2.24) is 10.3 Å². The van der Waals surface area contributed by atoms with Crippen LogP contribution in [-0.2, 0) is 9.59 Å². The first-order valence-corrected chi connectivity index (χ1v) is 5.04. The van der Waals surface area contributed by atoms with E-state index in [-0.39, 0.29) is 19.2 Å². The summed E-state index contributed by atoms with van der Waals surface area (Å²) in [6.07, 6.45) is 1.47. The van der Waals surface area contributed by atoms with Crippen LogP contribution in [0.4, 0.5) is 0 Å². The zero-order valence-electron chi connectivity index (χ0n) is 9.19. The smallest absolute Gasteiger partial charge is 0.323 e. The maximum absolute atomic E-state index is 11.5. The summed E-state index contributed by atoms with van der Waals surface area (Å²) in [6, 6.07) is -0.0399. The molecule has 0 saturated heterocycles. The van der Waals surface area contributed by atoms with Crippen molar-refractivity contribution in [3.8, 4) is 0 Å². The van der Waals surface area contributed by atoms with Gasteiger partial charge < -0.3 is 10.0 Å². The maximum atomic E-state index is 11.5. The summed E-state index contributed by atoms with van der Waals surface area (Å²) in [6.45, 7) is 3.83. The lowest BCUT2D eigenvalue weighted by molar-refractivity contribution is -0.148. The highest BCUT2D eigenvalue weighted by molar-refractivity contribution is 6.34. The van der Waals surface area contributed by atoms with Gasteiger partial charge in [-0.1, -0.05) is 13.8 Å². The lowest BCUT2D eigenvalue weighted by Crippen LogP contribution is -2.50. The van der Waals surface area contributed by atoms with Crippen LogP contribution in [0.3, 0.4) is 0 Å². The van der Waals surface area contributed by atoms with E-state index in [1.54, 1.807) is 5.43 Å². The second-order valence-electron chi connectivity index (χ2n) is 3.17. The molecule has 0 fully saturated rings. The van der Waals surface area contributed by atoms with Crippen LogP contribution in [0.2, 0.25) is 0 Å². The fourth-order valence-corrected chi connectivity index (χ4v) is 1.48. The van der Waals surface area contributed by atoms with Crippen molar-refractivity contribution in [3.05, 3.63) is 0 Å². The Bertz CT molecular complexity index is 217. The van der Waals surface area contributed by atoms with Crippen LogP contribution in [0.15, 0.2) is 0 Å². The van der Waals surface area contributed by atoms with E-state index in [0.717, 1.165) is 12.8 Å². The number of aliphatic hydroxyl groups is 1. The van der Waals surface area contributed by atoms with Crippen LogP contribution in [0.25, 0.3) is 0 Å². The van der Waals surface area contributed by atoms with Gasteiger partial charge in [0.1, 0.15) is 0 Å². The highest BCUT2D eigenvalue weighted by Crippen LogP contribution is 2.08. The molecule has 6 nitrogen and oxygen atoms in total. The molecule has 0 atom stereocenters. The van der Waals surface area contributed by atoms with Gasteiger partial charge in [-0.3, -0.25) is 15.0 Å². The van der Waals surface area contributed by atoms with Gasteiger partial charge in [-0.05, 0) is 12.8 Å². The molecule has 15 heavy (non-hydrogen) atoms. The molecule has 0 radical (unpaired) electrons. The normalized spacial score (nSPS) is 10.2. The molecule has 0 aromatic carbocycles. The number of nitrogens with zero attached hydrogens (tertiary/aromatic N) is 1. The summed E-state index contributed by atoms with van der Waals surface area (Å²) in [5, 5.41) is 8.82. The number of rotatable bonds is 5. The molecule has 0 aliphatic heterocycles. The Hall–Kier alpha value is -1.14. The third-order valence-electron chi connectivity index (χ3n) is 2.31. The summed E-state index contributed by atoms with van der Waals surface area (Å²) < 4.78 is 0. The molecule has 6 heteroatoms. The van der Waals surface area contributed by atoms with E-state index in [4.69, 9.17) is 10.9 Å². The van der Waals surface area contributed by atoms with Crippen molar-refractivity contribution < 1.29 is 14.7 Å². The topological polar surface area (TPSA) is 95.7 Å². The van der Waals surface area contributed by atoms with Gasteiger partial charge in [0.25, 0.3) is 0 Å². The second-order valence-corrected chi connectivity index (χ2v) is 3.17. The quantitative estimate of drug-likeness (QED) is 0.238. The monoisotopic (exact) mass is 217 g/mol. The lowest BCUT2D eigenvalue weighted by atomic mass is 10.1. The molecule has 4 N–H and O–H groups in total. The summed E-state index contributed by atoms with van der Waals surface area (Å²) in [7, 11) is 0. The number of carbonyl (C=O) groups is 2. The summed E-state index contributed by atoms with van der Waals surface area (Å²) >= 11 is 0. The second kappa shape index (κ2) is 7.19. The van der Waals surface area contributed by atoms with Crippen LogP contribution in [0, 0.1) is 0 Å². The van der Waals surface area contributed by atoms with Gasteiger partial charge >= 0.3 is 11.8 Å². The molecule has 0 aromatic heterocycles. The molecule has 0 saturated carbocycles. The Balaban J connectivity index is 4.62.